The third kappa shape index (κ3) is 4.96. The first-order valence-electron chi connectivity index (χ1n) is 9.02. The van der Waals surface area contributed by atoms with Crippen LogP contribution in [0.4, 0.5) is 5.69 Å². The van der Waals surface area contributed by atoms with Gasteiger partial charge in [0.2, 0.25) is 0 Å². The minimum Gasteiger partial charge on any atom is -0.502 e. The zero-order valence-corrected chi connectivity index (χ0v) is 18.7. The molecule has 0 radical (unpaired) electrons. The third-order valence-electron chi connectivity index (χ3n) is 4.48. The van der Waals surface area contributed by atoms with Gasteiger partial charge in [0.05, 0.1) is 10.0 Å². The van der Waals surface area contributed by atoms with E-state index in [0.717, 1.165) is 22.4 Å². The molecule has 0 saturated carbocycles. The van der Waals surface area contributed by atoms with Crippen LogP contribution in [0.1, 0.15) is 22.3 Å². The van der Waals surface area contributed by atoms with E-state index >= 15 is 0 Å². The lowest BCUT2D eigenvalue weighted by atomic mass is 10.1. The van der Waals surface area contributed by atoms with E-state index in [1.165, 1.54) is 0 Å². The SMILES string of the molecule is Cc1ccc(C)c(NC(=S)/C(=C(\O)c2ccc(Cl)c(Cl)c2)[n+]2cccc(C)c2)c1. The molecule has 0 bridgehead atoms. The maximum Gasteiger partial charge on any atom is 0.288 e. The largest absolute Gasteiger partial charge is 0.502 e. The van der Waals surface area contributed by atoms with Crippen LogP contribution in [0.5, 0.6) is 0 Å². The number of benzene rings is 2. The molecular formula is C23H21Cl2N2OS+. The highest BCUT2D eigenvalue weighted by Crippen LogP contribution is 2.27. The molecule has 0 aliphatic carbocycles. The van der Waals surface area contributed by atoms with Crippen LogP contribution in [0.15, 0.2) is 60.9 Å². The van der Waals surface area contributed by atoms with Gasteiger partial charge in [-0.25, -0.2) is 0 Å². The van der Waals surface area contributed by atoms with Crippen LogP contribution >= 0.6 is 35.4 Å². The number of aliphatic hydroxyl groups is 1. The predicted molar refractivity (Wildman–Crippen MR) is 126 cm³/mol. The number of rotatable bonds is 4. The molecule has 1 heterocycles. The van der Waals surface area contributed by atoms with Gasteiger partial charge < -0.3 is 10.4 Å². The summed E-state index contributed by atoms with van der Waals surface area (Å²) in [6.45, 7) is 6.00. The predicted octanol–water partition coefficient (Wildman–Crippen LogP) is 6.53. The minimum atomic E-state index is 0.00183. The van der Waals surface area contributed by atoms with Gasteiger partial charge in [-0.3, -0.25) is 0 Å². The fraction of sp³-hybridized carbons (Fsp3) is 0.130. The van der Waals surface area contributed by atoms with Crippen molar-refractivity contribution in [2.75, 3.05) is 5.32 Å². The van der Waals surface area contributed by atoms with Crippen LogP contribution in [0.3, 0.4) is 0 Å². The van der Waals surface area contributed by atoms with Gasteiger partial charge in [0.15, 0.2) is 23.1 Å². The Kier molecular flexibility index (Phi) is 6.58. The van der Waals surface area contributed by atoms with Gasteiger partial charge in [-0.15, -0.1) is 0 Å². The molecule has 3 rings (SSSR count). The van der Waals surface area contributed by atoms with Crippen LogP contribution in [-0.4, -0.2) is 10.1 Å². The molecule has 3 aromatic rings. The summed E-state index contributed by atoms with van der Waals surface area (Å²) in [5.74, 6) is 0.00183. The number of nitrogens with one attached hydrogen (secondary N) is 1. The third-order valence-corrected chi connectivity index (χ3v) is 5.51. The molecule has 1 aromatic heterocycles. The molecule has 2 aromatic carbocycles. The monoisotopic (exact) mass is 443 g/mol. The Bertz CT molecular complexity index is 1130. The first-order chi connectivity index (χ1) is 13.8. The minimum absolute atomic E-state index is 0.00183. The molecule has 6 heteroatoms. The molecule has 3 nitrogen and oxygen atoms in total. The highest BCUT2D eigenvalue weighted by molar-refractivity contribution is 7.81. The van der Waals surface area contributed by atoms with E-state index in [4.69, 9.17) is 35.4 Å². The summed E-state index contributed by atoms with van der Waals surface area (Å²) in [6.07, 6.45) is 3.74. The molecule has 2 N–H and O–H groups in total. The van der Waals surface area contributed by atoms with Crippen LogP contribution in [0.2, 0.25) is 10.0 Å². The van der Waals surface area contributed by atoms with Crippen LogP contribution < -0.4 is 9.88 Å². The summed E-state index contributed by atoms with van der Waals surface area (Å²) in [5.41, 5.74) is 5.06. The van der Waals surface area contributed by atoms with Gasteiger partial charge in [-0.2, -0.15) is 4.57 Å². The van der Waals surface area contributed by atoms with E-state index in [2.05, 4.69) is 5.32 Å². The number of thiocarbonyl (C=S) groups is 1. The number of aromatic nitrogens is 1. The van der Waals surface area contributed by atoms with Crippen molar-refractivity contribution in [3.63, 3.8) is 0 Å². The van der Waals surface area contributed by atoms with Gasteiger partial charge in [-0.1, -0.05) is 47.6 Å². The maximum atomic E-state index is 11.1. The molecule has 29 heavy (non-hydrogen) atoms. The van der Waals surface area contributed by atoms with Gasteiger partial charge in [0.25, 0.3) is 5.70 Å². The van der Waals surface area contributed by atoms with Gasteiger partial charge in [0, 0.05) is 22.9 Å². The molecular weight excluding hydrogens is 423 g/mol. The summed E-state index contributed by atoms with van der Waals surface area (Å²) < 4.78 is 1.80. The van der Waals surface area contributed by atoms with Crippen molar-refractivity contribution in [3.05, 3.63) is 93.2 Å². The summed E-state index contributed by atoms with van der Waals surface area (Å²) in [4.78, 5) is 0.387. The zero-order valence-electron chi connectivity index (χ0n) is 16.3. The van der Waals surface area contributed by atoms with Gasteiger partial charge in [0.1, 0.15) is 0 Å². The zero-order chi connectivity index (χ0) is 21.1. The second-order valence-electron chi connectivity index (χ2n) is 6.89. The maximum absolute atomic E-state index is 11.1. The molecule has 0 atom stereocenters. The Labute approximate surface area is 186 Å². The van der Waals surface area contributed by atoms with Crippen LogP contribution in [0.25, 0.3) is 11.5 Å². The number of hydrogen-bond donors (Lipinski definition) is 2. The molecule has 0 spiro atoms. The summed E-state index contributed by atoms with van der Waals surface area (Å²) >= 11 is 17.9. The van der Waals surface area contributed by atoms with Gasteiger partial charge >= 0.3 is 0 Å². The van der Waals surface area contributed by atoms with E-state index < -0.39 is 0 Å². The van der Waals surface area contributed by atoms with Crippen molar-refractivity contribution >= 4 is 57.6 Å². The first kappa shape index (κ1) is 21.3. The number of pyridine rings is 1. The molecule has 0 aliphatic heterocycles. The number of nitrogens with zero attached hydrogens (tertiary/aromatic N) is 1. The lowest BCUT2D eigenvalue weighted by molar-refractivity contribution is -0.576. The van der Waals surface area contributed by atoms with Crippen molar-refractivity contribution in [3.8, 4) is 0 Å². The van der Waals surface area contributed by atoms with E-state index in [1.807, 2.05) is 63.5 Å². The summed E-state index contributed by atoms with van der Waals surface area (Å²) in [7, 11) is 0. The number of halogens is 2. The Morgan fingerprint density at radius 2 is 1.72 bits per heavy atom. The fourth-order valence-electron chi connectivity index (χ4n) is 2.91. The second-order valence-corrected chi connectivity index (χ2v) is 8.11. The number of hydrogen-bond acceptors (Lipinski definition) is 2. The van der Waals surface area contributed by atoms with Crippen molar-refractivity contribution in [1.82, 2.24) is 0 Å². The Balaban J connectivity index is 2.13. The van der Waals surface area contributed by atoms with E-state index in [0.29, 0.717) is 26.3 Å². The topological polar surface area (TPSA) is 36.1 Å². The van der Waals surface area contributed by atoms with Crippen molar-refractivity contribution in [1.29, 1.82) is 0 Å². The van der Waals surface area contributed by atoms with Crippen LogP contribution in [-0.2, 0) is 0 Å². The molecule has 0 fully saturated rings. The lowest BCUT2D eigenvalue weighted by Crippen LogP contribution is -2.38. The average Bonchev–Trinajstić information content (AvgIpc) is 2.67. The van der Waals surface area contributed by atoms with E-state index in [-0.39, 0.29) is 5.76 Å². The molecule has 0 saturated heterocycles. The quantitative estimate of drug-likeness (QED) is 0.208. The Morgan fingerprint density at radius 1 is 0.966 bits per heavy atom. The average molecular weight is 444 g/mol. The first-order valence-corrected chi connectivity index (χ1v) is 10.2. The second kappa shape index (κ2) is 8.95. The van der Waals surface area contributed by atoms with Gasteiger partial charge in [-0.05, 0) is 62.2 Å². The molecule has 0 amide bonds. The number of aliphatic hydroxyl groups excluding tert-OH is 1. The fourth-order valence-corrected chi connectivity index (χ4v) is 3.52. The normalized spacial score (nSPS) is 11.8. The number of anilines is 1. The standard InChI is InChI=1S/C23H20Cl2N2OS/c1-14-6-7-16(3)20(11-14)26-23(29)21(27-10-4-5-15(2)13-27)22(28)17-8-9-18(24)19(25)12-17/h4-13H,1-3H3,(H-,26,28,29)/p+1. The Hall–Kier alpha value is -2.40. The highest BCUT2D eigenvalue weighted by atomic mass is 35.5. The van der Waals surface area contributed by atoms with E-state index in [1.54, 1.807) is 22.8 Å². The van der Waals surface area contributed by atoms with Crippen LogP contribution in [0, 0.1) is 20.8 Å². The van der Waals surface area contributed by atoms with Crippen molar-refractivity contribution in [2.45, 2.75) is 20.8 Å². The highest BCUT2D eigenvalue weighted by Gasteiger charge is 2.25. The summed E-state index contributed by atoms with van der Waals surface area (Å²) in [6, 6.07) is 15.0. The summed E-state index contributed by atoms with van der Waals surface area (Å²) in [5, 5.41) is 15.2. The smallest absolute Gasteiger partial charge is 0.288 e. The Morgan fingerprint density at radius 3 is 2.41 bits per heavy atom. The van der Waals surface area contributed by atoms with Crippen molar-refractivity contribution in [2.24, 2.45) is 0 Å². The molecule has 0 unspecified atom stereocenters. The van der Waals surface area contributed by atoms with Crippen molar-refractivity contribution < 1.29 is 9.67 Å². The lowest BCUT2D eigenvalue weighted by Gasteiger charge is -2.13. The number of aryl methyl sites for hydroxylation is 3. The van der Waals surface area contributed by atoms with E-state index in [9.17, 15) is 5.11 Å². The molecule has 0 aliphatic rings. The molecule has 148 valence electrons.